The summed E-state index contributed by atoms with van der Waals surface area (Å²) in [6.07, 6.45) is 0. The smallest absolute Gasteiger partial charge is 0.181 e. The summed E-state index contributed by atoms with van der Waals surface area (Å²) >= 11 is 4.94. The number of nitrogens with one attached hydrogen (secondary N) is 2. The third-order valence-corrected chi connectivity index (χ3v) is 2.38. The van der Waals surface area contributed by atoms with Gasteiger partial charge in [0.05, 0.1) is 18.8 Å². The maximum Gasteiger partial charge on any atom is 0.181 e. The lowest BCUT2D eigenvalue weighted by atomic mass is 10.1. The van der Waals surface area contributed by atoms with Crippen LogP contribution in [0.1, 0.15) is 19.4 Å². The maximum atomic E-state index is 5.64. The normalized spacial score (nSPS) is 11.0. The number of benzene rings is 1. The van der Waals surface area contributed by atoms with E-state index in [9.17, 15) is 0 Å². The van der Waals surface area contributed by atoms with Gasteiger partial charge in [-0.25, -0.2) is 5.84 Å². The molecule has 0 amide bonds. The number of nitrogens with two attached hydrogens (primary N) is 1. The minimum Gasteiger partial charge on any atom is -0.374 e. The van der Waals surface area contributed by atoms with Crippen molar-refractivity contribution in [3.05, 3.63) is 35.9 Å². The van der Waals surface area contributed by atoms with Gasteiger partial charge in [0.25, 0.3) is 0 Å². The summed E-state index contributed by atoms with van der Waals surface area (Å²) in [4.78, 5) is 0. The zero-order valence-electron chi connectivity index (χ0n) is 10.2. The molecule has 1 rings (SSSR count). The maximum absolute atomic E-state index is 5.64. The molecule has 0 spiro atoms. The van der Waals surface area contributed by atoms with E-state index in [1.54, 1.807) is 0 Å². The quantitative estimate of drug-likeness (QED) is 0.420. The molecule has 94 valence electrons. The summed E-state index contributed by atoms with van der Waals surface area (Å²) in [5.41, 5.74) is 3.30. The molecule has 0 bridgehead atoms. The van der Waals surface area contributed by atoms with Gasteiger partial charge in [-0.2, -0.15) is 0 Å². The highest BCUT2D eigenvalue weighted by molar-refractivity contribution is 7.80. The molecule has 0 fully saturated rings. The van der Waals surface area contributed by atoms with Gasteiger partial charge in [0.15, 0.2) is 5.11 Å². The number of hydrogen-bond donors (Lipinski definition) is 3. The first kappa shape index (κ1) is 13.9. The SMILES string of the molecule is CC(C)(COCc1ccccc1)NC(=S)NN. The van der Waals surface area contributed by atoms with Gasteiger partial charge in [-0.1, -0.05) is 30.3 Å². The summed E-state index contributed by atoms with van der Waals surface area (Å²) in [5.74, 6) is 5.20. The molecule has 4 N–H and O–H groups in total. The van der Waals surface area contributed by atoms with E-state index < -0.39 is 0 Å². The average Bonchev–Trinajstić information content (AvgIpc) is 2.29. The summed E-state index contributed by atoms with van der Waals surface area (Å²) < 4.78 is 5.64. The lowest BCUT2D eigenvalue weighted by Gasteiger charge is -2.27. The number of hydrazine groups is 1. The van der Waals surface area contributed by atoms with E-state index in [0.29, 0.717) is 18.3 Å². The van der Waals surface area contributed by atoms with Crippen molar-refractivity contribution in [3.63, 3.8) is 0 Å². The standard InChI is InChI=1S/C12H19N3OS/c1-12(2,14-11(17)15-13)9-16-8-10-6-4-3-5-7-10/h3-7H,8-9,13H2,1-2H3,(H2,14,15,17). The van der Waals surface area contributed by atoms with Crippen molar-refractivity contribution in [3.8, 4) is 0 Å². The second-order valence-corrected chi connectivity index (χ2v) is 4.87. The zero-order valence-corrected chi connectivity index (χ0v) is 11.0. The van der Waals surface area contributed by atoms with Crippen molar-refractivity contribution in [1.29, 1.82) is 0 Å². The number of ether oxygens (including phenoxy) is 1. The van der Waals surface area contributed by atoms with Crippen molar-refractivity contribution in [2.24, 2.45) is 5.84 Å². The molecule has 0 saturated carbocycles. The molecule has 0 aliphatic heterocycles. The second-order valence-electron chi connectivity index (χ2n) is 4.46. The Morgan fingerprint density at radius 1 is 1.35 bits per heavy atom. The molecular weight excluding hydrogens is 234 g/mol. The molecule has 1 aromatic carbocycles. The zero-order chi connectivity index (χ0) is 12.7. The van der Waals surface area contributed by atoms with Gasteiger partial charge < -0.3 is 15.5 Å². The minimum atomic E-state index is -0.252. The van der Waals surface area contributed by atoms with Crippen LogP contribution in [0.3, 0.4) is 0 Å². The van der Waals surface area contributed by atoms with Crippen LogP contribution in [0, 0.1) is 0 Å². The summed E-state index contributed by atoms with van der Waals surface area (Å²) in [6.45, 7) is 5.14. The fraction of sp³-hybridized carbons (Fsp3) is 0.417. The van der Waals surface area contributed by atoms with Crippen LogP contribution in [0.5, 0.6) is 0 Å². The molecule has 0 aromatic heterocycles. The molecule has 0 aliphatic rings. The Hall–Kier alpha value is -1.17. The van der Waals surface area contributed by atoms with Crippen molar-refractivity contribution < 1.29 is 4.74 Å². The second kappa shape index (κ2) is 6.54. The van der Waals surface area contributed by atoms with Gasteiger partial charge in [0.2, 0.25) is 0 Å². The lowest BCUT2D eigenvalue weighted by Crippen LogP contribution is -2.52. The molecule has 5 heteroatoms. The Morgan fingerprint density at radius 3 is 2.59 bits per heavy atom. The largest absolute Gasteiger partial charge is 0.374 e. The van der Waals surface area contributed by atoms with E-state index in [0.717, 1.165) is 5.56 Å². The van der Waals surface area contributed by atoms with Crippen molar-refractivity contribution in [2.75, 3.05) is 6.61 Å². The van der Waals surface area contributed by atoms with Crippen molar-refractivity contribution >= 4 is 17.3 Å². The van der Waals surface area contributed by atoms with Gasteiger partial charge in [0.1, 0.15) is 0 Å². The van der Waals surface area contributed by atoms with E-state index >= 15 is 0 Å². The molecule has 0 saturated heterocycles. The van der Waals surface area contributed by atoms with Gasteiger partial charge in [0, 0.05) is 0 Å². The Bertz CT molecular complexity index is 354. The van der Waals surface area contributed by atoms with Gasteiger partial charge >= 0.3 is 0 Å². The van der Waals surface area contributed by atoms with Crippen LogP contribution >= 0.6 is 12.2 Å². The van der Waals surface area contributed by atoms with E-state index in [4.69, 9.17) is 22.8 Å². The first-order chi connectivity index (χ1) is 8.03. The molecular formula is C12H19N3OS. The van der Waals surface area contributed by atoms with Crippen LogP contribution in [0.2, 0.25) is 0 Å². The van der Waals surface area contributed by atoms with Gasteiger partial charge in [-0.05, 0) is 31.6 Å². The molecule has 1 aromatic rings. The van der Waals surface area contributed by atoms with Crippen LogP contribution in [0.4, 0.5) is 0 Å². The first-order valence-corrected chi connectivity index (χ1v) is 5.85. The fourth-order valence-corrected chi connectivity index (χ4v) is 1.65. The van der Waals surface area contributed by atoms with E-state index in [1.807, 2.05) is 44.2 Å². The van der Waals surface area contributed by atoms with E-state index in [2.05, 4.69) is 10.7 Å². The fourth-order valence-electron chi connectivity index (χ4n) is 1.38. The van der Waals surface area contributed by atoms with Crippen LogP contribution in [-0.4, -0.2) is 17.3 Å². The average molecular weight is 253 g/mol. The molecule has 4 nitrogen and oxygen atoms in total. The molecule has 0 unspecified atom stereocenters. The molecule has 0 radical (unpaired) electrons. The predicted molar refractivity (Wildman–Crippen MR) is 73.2 cm³/mol. The van der Waals surface area contributed by atoms with Crippen molar-refractivity contribution in [1.82, 2.24) is 10.7 Å². The minimum absolute atomic E-state index is 0.252. The third-order valence-electron chi connectivity index (χ3n) is 2.16. The Balaban J connectivity index is 2.32. The lowest BCUT2D eigenvalue weighted by molar-refractivity contribution is 0.0782. The van der Waals surface area contributed by atoms with Crippen LogP contribution < -0.4 is 16.6 Å². The highest BCUT2D eigenvalue weighted by atomic mass is 32.1. The van der Waals surface area contributed by atoms with Gasteiger partial charge in [-0.3, -0.25) is 0 Å². The van der Waals surface area contributed by atoms with Crippen molar-refractivity contribution in [2.45, 2.75) is 26.0 Å². The molecule has 0 atom stereocenters. The third kappa shape index (κ3) is 5.63. The topological polar surface area (TPSA) is 59.3 Å². The molecule has 0 aliphatic carbocycles. The van der Waals surface area contributed by atoms with Crippen LogP contribution in [0.15, 0.2) is 30.3 Å². The summed E-state index contributed by atoms with van der Waals surface area (Å²) in [7, 11) is 0. The number of hydrogen-bond acceptors (Lipinski definition) is 3. The monoisotopic (exact) mass is 253 g/mol. The summed E-state index contributed by atoms with van der Waals surface area (Å²) in [5, 5.41) is 3.48. The first-order valence-electron chi connectivity index (χ1n) is 5.44. The number of rotatable bonds is 5. The Labute approximate surface area is 108 Å². The predicted octanol–water partition coefficient (Wildman–Crippen LogP) is 1.32. The Kier molecular flexibility index (Phi) is 5.34. The molecule has 0 heterocycles. The highest BCUT2D eigenvalue weighted by Crippen LogP contribution is 2.06. The molecule has 17 heavy (non-hydrogen) atoms. The Morgan fingerprint density at radius 2 is 2.00 bits per heavy atom. The van der Waals surface area contributed by atoms with Gasteiger partial charge in [-0.15, -0.1) is 0 Å². The number of thiocarbonyl (C=S) groups is 1. The van der Waals surface area contributed by atoms with Crippen LogP contribution in [0.25, 0.3) is 0 Å². The van der Waals surface area contributed by atoms with E-state index in [1.165, 1.54) is 0 Å². The highest BCUT2D eigenvalue weighted by Gasteiger charge is 2.18. The van der Waals surface area contributed by atoms with E-state index in [-0.39, 0.29) is 5.54 Å². The van der Waals surface area contributed by atoms with Crippen LogP contribution in [-0.2, 0) is 11.3 Å². The summed E-state index contributed by atoms with van der Waals surface area (Å²) in [6, 6.07) is 10.0.